The van der Waals surface area contributed by atoms with Gasteiger partial charge in [0.15, 0.2) is 0 Å². The minimum absolute atomic E-state index is 0.987. The predicted octanol–water partition coefficient (Wildman–Crippen LogP) is 3.28. The van der Waals surface area contributed by atoms with Crippen LogP contribution in [-0.4, -0.2) is 5.75 Å². The summed E-state index contributed by atoms with van der Waals surface area (Å²) in [6.07, 6.45) is 4.96. The fourth-order valence-electron chi connectivity index (χ4n) is 0.598. The first kappa shape index (κ1) is 9.91. The Labute approximate surface area is 68.8 Å². The Hall–Kier alpha value is -0.0900. The largest absolute Gasteiger partial charge is 0.0916 e. The van der Waals surface area contributed by atoms with E-state index in [0.717, 1.165) is 6.42 Å². The molecule has 58 valence electrons. The molecule has 0 bridgehead atoms. The summed E-state index contributed by atoms with van der Waals surface area (Å²) in [6, 6.07) is 0. The van der Waals surface area contributed by atoms with Crippen molar-refractivity contribution in [3.05, 3.63) is 0 Å². The van der Waals surface area contributed by atoms with Crippen LogP contribution in [0, 0.1) is 11.2 Å². The van der Waals surface area contributed by atoms with Gasteiger partial charge in [0.2, 0.25) is 0 Å². The summed E-state index contributed by atoms with van der Waals surface area (Å²) in [5, 5.41) is 3.06. The number of hydrogen-bond donors (Lipinski definition) is 0. The van der Waals surface area contributed by atoms with Gasteiger partial charge in [-0.05, 0) is 11.7 Å². The van der Waals surface area contributed by atoms with E-state index < -0.39 is 0 Å². The fourth-order valence-corrected chi connectivity index (χ4v) is 1.30. The molecule has 0 aliphatic rings. The number of rotatable bonds is 4. The van der Waals surface area contributed by atoms with Crippen molar-refractivity contribution in [2.45, 2.75) is 39.5 Å². The van der Waals surface area contributed by atoms with Gasteiger partial charge in [-0.15, -0.1) is 0 Å². The third kappa shape index (κ3) is 7.91. The van der Waals surface area contributed by atoms with E-state index in [1.165, 1.54) is 25.0 Å². The molecule has 0 aromatic heterocycles. The van der Waals surface area contributed by atoms with Crippen LogP contribution < -0.4 is 0 Å². The van der Waals surface area contributed by atoms with Gasteiger partial charge in [-0.25, -0.2) is 0 Å². The molecule has 0 nitrogen and oxygen atoms in total. The summed E-state index contributed by atoms with van der Waals surface area (Å²) < 4.78 is 0. The van der Waals surface area contributed by atoms with E-state index in [-0.39, 0.29) is 0 Å². The zero-order chi connectivity index (χ0) is 7.66. The van der Waals surface area contributed by atoms with Crippen LogP contribution in [0.2, 0.25) is 0 Å². The van der Waals surface area contributed by atoms with Gasteiger partial charge in [-0.3, -0.25) is 0 Å². The van der Waals surface area contributed by atoms with Gasteiger partial charge in [0.25, 0.3) is 0 Å². The average Bonchev–Trinajstić information content (AvgIpc) is 1.97. The maximum Gasteiger partial charge on any atom is 0.00692 e. The summed E-state index contributed by atoms with van der Waals surface area (Å²) in [6.45, 7) is 4.31. The van der Waals surface area contributed by atoms with E-state index in [4.69, 9.17) is 0 Å². The molecule has 0 unspecified atom stereocenters. The van der Waals surface area contributed by atoms with E-state index in [2.05, 4.69) is 25.0 Å². The van der Waals surface area contributed by atoms with Crippen LogP contribution in [-0.2, 0) is 0 Å². The second kappa shape index (κ2) is 8.91. The molecule has 0 N–H and O–H groups in total. The van der Waals surface area contributed by atoms with Crippen LogP contribution >= 0.6 is 11.8 Å². The average molecular weight is 156 g/mol. The van der Waals surface area contributed by atoms with Gasteiger partial charge in [0.1, 0.15) is 0 Å². The lowest BCUT2D eigenvalue weighted by molar-refractivity contribution is 0.779. The monoisotopic (exact) mass is 156 g/mol. The highest BCUT2D eigenvalue weighted by Gasteiger charge is 1.83. The lowest BCUT2D eigenvalue weighted by Crippen LogP contribution is -1.75. The van der Waals surface area contributed by atoms with E-state index in [9.17, 15) is 0 Å². The van der Waals surface area contributed by atoms with E-state index >= 15 is 0 Å². The van der Waals surface area contributed by atoms with Gasteiger partial charge >= 0.3 is 0 Å². The zero-order valence-electron chi connectivity index (χ0n) is 6.94. The lowest BCUT2D eigenvalue weighted by atomic mass is 10.3. The molecule has 0 spiro atoms. The predicted molar refractivity (Wildman–Crippen MR) is 50.1 cm³/mol. The maximum absolute atomic E-state index is 3.06. The summed E-state index contributed by atoms with van der Waals surface area (Å²) in [7, 11) is 0. The Morgan fingerprint density at radius 2 is 2.00 bits per heavy atom. The number of hydrogen-bond acceptors (Lipinski definition) is 1. The SMILES string of the molecule is CCC#CSCCCCC. The van der Waals surface area contributed by atoms with Gasteiger partial charge < -0.3 is 0 Å². The minimum Gasteiger partial charge on any atom is -0.0916 e. The summed E-state index contributed by atoms with van der Waals surface area (Å²) >= 11 is 1.76. The molecular weight excluding hydrogens is 140 g/mol. The van der Waals surface area contributed by atoms with Crippen LogP contribution in [0.4, 0.5) is 0 Å². The Morgan fingerprint density at radius 3 is 2.60 bits per heavy atom. The van der Waals surface area contributed by atoms with Gasteiger partial charge in [-0.2, -0.15) is 0 Å². The van der Waals surface area contributed by atoms with Crippen LogP contribution in [0.1, 0.15) is 39.5 Å². The number of unbranched alkanes of at least 4 members (excludes halogenated alkanes) is 2. The van der Waals surface area contributed by atoms with E-state index in [1.54, 1.807) is 11.8 Å². The minimum atomic E-state index is 0.987. The van der Waals surface area contributed by atoms with Gasteiger partial charge in [0.05, 0.1) is 0 Å². The smallest absolute Gasteiger partial charge is 0.00692 e. The fraction of sp³-hybridized carbons (Fsp3) is 0.778. The summed E-state index contributed by atoms with van der Waals surface area (Å²) in [4.78, 5) is 0. The third-order valence-electron chi connectivity index (χ3n) is 1.17. The van der Waals surface area contributed by atoms with Crippen molar-refractivity contribution >= 4 is 11.8 Å². The molecule has 0 radical (unpaired) electrons. The highest BCUT2D eigenvalue weighted by molar-refractivity contribution is 8.03. The molecular formula is C9H16S. The standard InChI is InChI=1S/C9H16S/c1-3-5-7-9-10-8-6-4-2/h3-5,7,9H2,1-2H3. The molecule has 0 atom stereocenters. The van der Waals surface area contributed by atoms with E-state index in [1.807, 2.05) is 0 Å². The zero-order valence-corrected chi connectivity index (χ0v) is 7.76. The lowest BCUT2D eigenvalue weighted by Gasteiger charge is -1.90. The van der Waals surface area contributed by atoms with Crippen molar-refractivity contribution in [3.8, 4) is 11.2 Å². The van der Waals surface area contributed by atoms with Gasteiger partial charge in [0, 0.05) is 12.2 Å². The maximum atomic E-state index is 3.06. The van der Waals surface area contributed by atoms with Crippen molar-refractivity contribution in [2.24, 2.45) is 0 Å². The van der Waals surface area contributed by atoms with Crippen LogP contribution in [0.3, 0.4) is 0 Å². The van der Waals surface area contributed by atoms with E-state index in [0.29, 0.717) is 0 Å². The van der Waals surface area contributed by atoms with Crippen molar-refractivity contribution < 1.29 is 0 Å². The molecule has 0 saturated heterocycles. The van der Waals surface area contributed by atoms with Crippen molar-refractivity contribution in [3.63, 3.8) is 0 Å². The topological polar surface area (TPSA) is 0 Å². The van der Waals surface area contributed by atoms with Crippen LogP contribution in [0.15, 0.2) is 0 Å². The van der Waals surface area contributed by atoms with Crippen molar-refractivity contribution in [2.75, 3.05) is 5.75 Å². The molecule has 0 saturated carbocycles. The van der Waals surface area contributed by atoms with Crippen molar-refractivity contribution in [1.29, 1.82) is 0 Å². The first-order valence-corrected chi connectivity index (χ1v) is 5.00. The third-order valence-corrected chi connectivity index (χ3v) is 1.95. The van der Waals surface area contributed by atoms with Crippen LogP contribution in [0.5, 0.6) is 0 Å². The second-order valence-electron chi connectivity index (χ2n) is 2.19. The molecule has 0 aliphatic carbocycles. The Bertz CT molecular complexity index is 108. The first-order chi connectivity index (χ1) is 4.91. The Morgan fingerprint density at radius 1 is 1.20 bits per heavy atom. The molecule has 1 heteroatoms. The molecule has 0 aromatic rings. The molecule has 0 heterocycles. The molecule has 0 aromatic carbocycles. The summed E-state index contributed by atoms with van der Waals surface area (Å²) in [5.74, 6) is 4.25. The Balaban J connectivity index is 2.90. The highest BCUT2D eigenvalue weighted by atomic mass is 32.2. The number of thioether (sulfide) groups is 1. The molecule has 0 aliphatic heterocycles. The first-order valence-electron chi connectivity index (χ1n) is 4.01. The molecule has 0 rings (SSSR count). The normalized spacial score (nSPS) is 8.60. The molecule has 0 amide bonds. The van der Waals surface area contributed by atoms with Gasteiger partial charge in [-0.1, -0.05) is 44.4 Å². The molecule has 0 fully saturated rings. The highest BCUT2D eigenvalue weighted by Crippen LogP contribution is 2.03. The molecule has 10 heavy (non-hydrogen) atoms. The quantitative estimate of drug-likeness (QED) is 0.444. The van der Waals surface area contributed by atoms with Crippen LogP contribution in [0.25, 0.3) is 0 Å². The summed E-state index contributed by atoms with van der Waals surface area (Å²) in [5.41, 5.74) is 0. The van der Waals surface area contributed by atoms with Crippen molar-refractivity contribution in [1.82, 2.24) is 0 Å². The second-order valence-corrected chi connectivity index (χ2v) is 3.09. The Kier molecular flexibility index (Phi) is 8.83.